The van der Waals surface area contributed by atoms with Gasteiger partial charge in [0, 0.05) is 13.1 Å². The first-order valence-corrected chi connectivity index (χ1v) is 3.91. The lowest BCUT2D eigenvalue weighted by atomic mass is 10.2. The summed E-state index contributed by atoms with van der Waals surface area (Å²) in [5, 5.41) is 5.63. The molecular formula is C7H14N2O2. The van der Waals surface area contributed by atoms with Crippen LogP contribution in [0.25, 0.3) is 0 Å². The Balaban J connectivity index is 2.06. The zero-order valence-electron chi connectivity index (χ0n) is 6.72. The van der Waals surface area contributed by atoms with E-state index in [1.54, 1.807) is 7.05 Å². The van der Waals surface area contributed by atoms with Gasteiger partial charge in [0.05, 0.1) is 0 Å². The molecule has 1 rings (SSSR count). The molecule has 0 aromatic rings. The van der Waals surface area contributed by atoms with E-state index in [9.17, 15) is 4.79 Å². The zero-order valence-corrected chi connectivity index (χ0v) is 6.72. The van der Waals surface area contributed by atoms with Gasteiger partial charge in [-0.05, 0) is 19.4 Å². The van der Waals surface area contributed by atoms with Crippen LogP contribution >= 0.6 is 0 Å². The average Bonchev–Trinajstić information content (AvgIpc) is 2.52. The largest absolute Gasteiger partial charge is 0.448 e. The first-order valence-electron chi connectivity index (χ1n) is 3.91. The van der Waals surface area contributed by atoms with Crippen molar-refractivity contribution in [2.24, 2.45) is 0 Å². The third-order valence-corrected chi connectivity index (χ3v) is 1.78. The molecule has 4 nitrogen and oxygen atoms in total. The van der Waals surface area contributed by atoms with Crippen molar-refractivity contribution < 1.29 is 9.53 Å². The summed E-state index contributed by atoms with van der Waals surface area (Å²) in [4.78, 5) is 10.6. The summed E-state index contributed by atoms with van der Waals surface area (Å²) in [6, 6.07) is 0.368. The zero-order chi connectivity index (χ0) is 8.10. The third kappa shape index (κ3) is 2.76. The normalized spacial score (nSPS) is 23.2. The van der Waals surface area contributed by atoms with Gasteiger partial charge in [0.25, 0.3) is 0 Å². The fraction of sp³-hybridized carbons (Fsp3) is 0.857. The molecule has 0 spiro atoms. The van der Waals surface area contributed by atoms with Gasteiger partial charge in [-0.25, -0.2) is 4.79 Å². The predicted molar refractivity (Wildman–Crippen MR) is 41.4 cm³/mol. The number of ether oxygens (including phenoxy) is 1. The van der Waals surface area contributed by atoms with Crippen LogP contribution in [0, 0.1) is 0 Å². The molecule has 1 aliphatic rings. The quantitative estimate of drug-likeness (QED) is 0.599. The minimum Gasteiger partial charge on any atom is -0.448 e. The van der Waals surface area contributed by atoms with Gasteiger partial charge >= 0.3 is 6.09 Å². The van der Waals surface area contributed by atoms with E-state index in [2.05, 4.69) is 10.6 Å². The second-order valence-corrected chi connectivity index (χ2v) is 2.64. The molecule has 1 heterocycles. The fourth-order valence-corrected chi connectivity index (χ4v) is 1.15. The van der Waals surface area contributed by atoms with Crippen molar-refractivity contribution in [3.8, 4) is 0 Å². The predicted octanol–water partition coefficient (Wildman–Crippen LogP) is 0.0944. The van der Waals surface area contributed by atoms with Gasteiger partial charge in [0.15, 0.2) is 0 Å². The minimum atomic E-state index is -0.348. The lowest BCUT2D eigenvalue weighted by Gasteiger charge is -2.09. The van der Waals surface area contributed by atoms with Gasteiger partial charge in [-0.3, -0.25) is 0 Å². The van der Waals surface area contributed by atoms with E-state index in [4.69, 9.17) is 4.74 Å². The topological polar surface area (TPSA) is 50.4 Å². The second kappa shape index (κ2) is 4.18. The smallest absolute Gasteiger partial charge is 0.406 e. The van der Waals surface area contributed by atoms with Crippen molar-refractivity contribution in [2.75, 3.05) is 20.2 Å². The van der Waals surface area contributed by atoms with E-state index in [-0.39, 0.29) is 6.09 Å². The van der Waals surface area contributed by atoms with E-state index in [0.717, 1.165) is 13.0 Å². The molecule has 1 saturated heterocycles. The number of nitrogens with one attached hydrogen (secondary N) is 2. The fourth-order valence-electron chi connectivity index (χ4n) is 1.15. The number of alkyl carbamates (subject to hydrolysis) is 1. The Morgan fingerprint density at radius 3 is 3.18 bits per heavy atom. The molecule has 0 saturated carbocycles. The van der Waals surface area contributed by atoms with Crippen LogP contribution in [0.3, 0.4) is 0 Å². The van der Waals surface area contributed by atoms with Crippen LogP contribution in [0.1, 0.15) is 12.8 Å². The van der Waals surface area contributed by atoms with Crippen LogP contribution in [-0.2, 0) is 4.74 Å². The average molecular weight is 158 g/mol. The number of rotatable bonds is 2. The molecule has 2 N–H and O–H groups in total. The Labute approximate surface area is 66.3 Å². The lowest BCUT2D eigenvalue weighted by Crippen LogP contribution is -2.30. The van der Waals surface area contributed by atoms with E-state index in [1.807, 2.05) is 0 Å². The van der Waals surface area contributed by atoms with Gasteiger partial charge in [-0.15, -0.1) is 0 Å². The first-order chi connectivity index (χ1) is 5.33. The van der Waals surface area contributed by atoms with Crippen LogP contribution in [0.5, 0.6) is 0 Å². The van der Waals surface area contributed by atoms with E-state index < -0.39 is 0 Å². The molecule has 0 aromatic carbocycles. The number of hydrogen-bond acceptors (Lipinski definition) is 3. The highest BCUT2D eigenvalue weighted by molar-refractivity contribution is 5.66. The van der Waals surface area contributed by atoms with Crippen molar-refractivity contribution >= 4 is 6.09 Å². The molecule has 11 heavy (non-hydrogen) atoms. The maximum atomic E-state index is 10.6. The van der Waals surface area contributed by atoms with Crippen LogP contribution < -0.4 is 10.6 Å². The second-order valence-electron chi connectivity index (χ2n) is 2.64. The molecule has 1 fully saturated rings. The summed E-state index contributed by atoms with van der Waals surface area (Å²) in [5.74, 6) is 0. The molecule has 1 atom stereocenters. The summed E-state index contributed by atoms with van der Waals surface area (Å²) < 4.78 is 4.86. The van der Waals surface area contributed by atoms with Crippen molar-refractivity contribution in [1.82, 2.24) is 10.6 Å². The minimum absolute atomic E-state index is 0.348. The Morgan fingerprint density at radius 1 is 1.82 bits per heavy atom. The molecule has 64 valence electrons. The number of amides is 1. The Bertz CT molecular complexity index is 132. The van der Waals surface area contributed by atoms with Crippen LogP contribution in [-0.4, -0.2) is 32.3 Å². The van der Waals surface area contributed by atoms with Crippen molar-refractivity contribution in [2.45, 2.75) is 18.9 Å². The molecule has 0 bridgehead atoms. The monoisotopic (exact) mass is 158 g/mol. The van der Waals surface area contributed by atoms with Gasteiger partial charge < -0.3 is 15.4 Å². The Kier molecular flexibility index (Phi) is 3.16. The van der Waals surface area contributed by atoms with Crippen molar-refractivity contribution in [3.63, 3.8) is 0 Å². The summed E-state index contributed by atoms with van der Waals surface area (Å²) >= 11 is 0. The summed E-state index contributed by atoms with van der Waals surface area (Å²) in [6.45, 7) is 1.53. The highest BCUT2D eigenvalue weighted by Crippen LogP contribution is 2.04. The SMILES string of the molecule is CNC(=O)OC[C@@H]1CCCN1. The van der Waals surface area contributed by atoms with E-state index in [1.165, 1.54) is 6.42 Å². The van der Waals surface area contributed by atoms with Gasteiger partial charge in [-0.2, -0.15) is 0 Å². The number of carbonyl (C=O) groups is 1. The van der Waals surface area contributed by atoms with Crippen LogP contribution in [0.4, 0.5) is 4.79 Å². The standard InChI is InChI=1S/C7H14N2O2/c1-8-7(10)11-5-6-3-2-4-9-6/h6,9H,2-5H2,1H3,(H,8,10)/t6-/m0/s1. The molecule has 0 radical (unpaired) electrons. The molecule has 0 aliphatic carbocycles. The van der Waals surface area contributed by atoms with E-state index >= 15 is 0 Å². The maximum absolute atomic E-state index is 10.6. The van der Waals surface area contributed by atoms with Crippen LogP contribution in [0.15, 0.2) is 0 Å². The Morgan fingerprint density at radius 2 is 2.64 bits per heavy atom. The molecular weight excluding hydrogens is 144 g/mol. The van der Waals surface area contributed by atoms with E-state index in [0.29, 0.717) is 12.6 Å². The van der Waals surface area contributed by atoms with Gasteiger partial charge in [0.2, 0.25) is 0 Å². The van der Waals surface area contributed by atoms with Crippen LogP contribution in [0.2, 0.25) is 0 Å². The highest BCUT2D eigenvalue weighted by Gasteiger charge is 2.14. The lowest BCUT2D eigenvalue weighted by molar-refractivity contribution is 0.138. The maximum Gasteiger partial charge on any atom is 0.406 e. The van der Waals surface area contributed by atoms with Gasteiger partial charge in [-0.1, -0.05) is 0 Å². The summed E-state index contributed by atoms with van der Waals surface area (Å²) in [7, 11) is 1.56. The molecule has 4 heteroatoms. The summed E-state index contributed by atoms with van der Waals surface area (Å²) in [5.41, 5.74) is 0. The third-order valence-electron chi connectivity index (χ3n) is 1.78. The van der Waals surface area contributed by atoms with Crippen molar-refractivity contribution in [3.05, 3.63) is 0 Å². The molecule has 0 unspecified atom stereocenters. The molecule has 1 aliphatic heterocycles. The van der Waals surface area contributed by atoms with Crippen molar-refractivity contribution in [1.29, 1.82) is 0 Å². The molecule has 1 amide bonds. The first kappa shape index (κ1) is 8.33. The number of carbonyl (C=O) groups excluding carboxylic acids is 1. The molecule has 0 aromatic heterocycles. The Hall–Kier alpha value is -0.770. The summed E-state index contributed by atoms with van der Waals surface area (Å²) in [6.07, 6.45) is 1.94. The van der Waals surface area contributed by atoms with Gasteiger partial charge in [0.1, 0.15) is 6.61 Å². The number of hydrogen-bond donors (Lipinski definition) is 2. The highest BCUT2D eigenvalue weighted by atomic mass is 16.5.